The fourth-order valence-corrected chi connectivity index (χ4v) is 3.49. The van der Waals surface area contributed by atoms with Crippen molar-refractivity contribution < 1.29 is 4.39 Å². The van der Waals surface area contributed by atoms with Crippen LogP contribution in [0.3, 0.4) is 0 Å². The highest BCUT2D eigenvalue weighted by Gasteiger charge is 2.15. The van der Waals surface area contributed by atoms with Gasteiger partial charge in [-0.2, -0.15) is 0 Å². The molecule has 0 saturated heterocycles. The summed E-state index contributed by atoms with van der Waals surface area (Å²) >= 11 is 0. The van der Waals surface area contributed by atoms with Crippen molar-refractivity contribution in [2.45, 2.75) is 6.42 Å². The second-order valence-corrected chi connectivity index (χ2v) is 6.75. The van der Waals surface area contributed by atoms with E-state index in [4.69, 9.17) is 0 Å². The van der Waals surface area contributed by atoms with Crippen molar-refractivity contribution in [2.75, 3.05) is 20.6 Å². The van der Waals surface area contributed by atoms with Gasteiger partial charge in [-0.3, -0.25) is 0 Å². The number of H-pyrrole nitrogens is 1. The largest absolute Gasteiger partial charge is 0.354 e. The molecule has 0 radical (unpaired) electrons. The Morgan fingerprint density at radius 3 is 2.56 bits per heavy atom. The van der Waals surface area contributed by atoms with Crippen LogP contribution in [0.5, 0.6) is 0 Å². The fraction of sp³-hybridized carbons (Fsp3) is 0.182. The monoisotopic (exact) mass is 332 g/mol. The number of nitrogens with zero attached hydrogens (tertiary/aromatic N) is 1. The number of benzene rings is 3. The number of halogens is 1. The predicted octanol–water partition coefficient (Wildman–Crippen LogP) is 5.23. The second kappa shape index (κ2) is 6.34. The Balaban J connectivity index is 1.98. The minimum atomic E-state index is -0.193. The van der Waals surface area contributed by atoms with Gasteiger partial charge in [0.1, 0.15) is 5.82 Å². The van der Waals surface area contributed by atoms with Crippen molar-refractivity contribution in [3.63, 3.8) is 0 Å². The summed E-state index contributed by atoms with van der Waals surface area (Å²) in [6, 6.07) is 19.7. The van der Waals surface area contributed by atoms with Crippen LogP contribution in [0.4, 0.5) is 4.39 Å². The molecule has 4 rings (SSSR count). The van der Waals surface area contributed by atoms with Crippen LogP contribution < -0.4 is 0 Å². The van der Waals surface area contributed by atoms with Crippen molar-refractivity contribution in [1.29, 1.82) is 0 Å². The van der Waals surface area contributed by atoms with Crippen molar-refractivity contribution in [1.82, 2.24) is 9.88 Å². The molecule has 0 aliphatic heterocycles. The zero-order valence-corrected chi connectivity index (χ0v) is 14.5. The van der Waals surface area contributed by atoms with Gasteiger partial charge in [-0.15, -0.1) is 0 Å². The van der Waals surface area contributed by atoms with Gasteiger partial charge in [-0.25, -0.2) is 4.39 Å². The first-order chi connectivity index (χ1) is 12.1. The molecule has 3 heteroatoms. The third-order valence-electron chi connectivity index (χ3n) is 4.74. The van der Waals surface area contributed by atoms with E-state index in [0.717, 1.165) is 29.6 Å². The average Bonchev–Trinajstić information content (AvgIpc) is 2.97. The Labute approximate surface area is 146 Å². The van der Waals surface area contributed by atoms with Crippen LogP contribution in [0.25, 0.3) is 32.9 Å². The van der Waals surface area contributed by atoms with E-state index in [1.165, 1.54) is 28.0 Å². The van der Waals surface area contributed by atoms with Gasteiger partial charge in [0, 0.05) is 23.0 Å². The Hall–Kier alpha value is -2.65. The summed E-state index contributed by atoms with van der Waals surface area (Å²) in [6.45, 7) is 0.918. The topological polar surface area (TPSA) is 19.0 Å². The smallest absolute Gasteiger partial charge is 0.123 e. The zero-order chi connectivity index (χ0) is 17.4. The molecule has 0 bridgehead atoms. The maximum Gasteiger partial charge on any atom is 0.123 e. The fourth-order valence-electron chi connectivity index (χ4n) is 3.49. The third kappa shape index (κ3) is 2.92. The van der Waals surface area contributed by atoms with Gasteiger partial charge in [-0.1, -0.05) is 42.5 Å². The first kappa shape index (κ1) is 15.9. The number of aromatic amines is 1. The molecule has 126 valence electrons. The van der Waals surface area contributed by atoms with Crippen LogP contribution in [0.1, 0.15) is 5.56 Å². The molecule has 0 fully saturated rings. The van der Waals surface area contributed by atoms with Crippen molar-refractivity contribution >= 4 is 21.7 Å². The lowest BCUT2D eigenvalue weighted by Crippen LogP contribution is -2.15. The quantitative estimate of drug-likeness (QED) is 0.542. The molecule has 0 aliphatic carbocycles. The molecule has 1 heterocycles. The summed E-state index contributed by atoms with van der Waals surface area (Å²) in [5, 5.41) is 3.40. The highest BCUT2D eigenvalue weighted by molar-refractivity contribution is 6.00. The highest BCUT2D eigenvalue weighted by atomic mass is 19.1. The molecular weight excluding hydrogens is 311 g/mol. The van der Waals surface area contributed by atoms with E-state index in [2.05, 4.69) is 66.4 Å². The second-order valence-electron chi connectivity index (χ2n) is 6.75. The summed E-state index contributed by atoms with van der Waals surface area (Å²) in [5.74, 6) is -0.193. The number of aromatic nitrogens is 1. The molecule has 0 spiro atoms. The molecule has 0 aliphatic rings. The van der Waals surface area contributed by atoms with Gasteiger partial charge in [0.05, 0.1) is 5.69 Å². The molecule has 4 aromatic rings. The van der Waals surface area contributed by atoms with E-state index in [1.54, 1.807) is 6.07 Å². The van der Waals surface area contributed by atoms with Gasteiger partial charge < -0.3 is 9.88 Å². The Bertz CT molecular complexity index is 1040. The van der Waals surface area contributed by atoms with Crippen molar-refractivity contribution in [3.05, 3.63) is 72.0 Å². The van der Waals surface area contributed by atoms with Gasteiger partial charge in [0.2, 0.25) is 0 Å². The van der Waals surface area contributed by atoms with E-state index in [-0.39, 0.29) is 5.82 Å². The summed E-state index contributed by atoms with van der Waals surface area (Å²) in [7, 11) is 4.13. The molecular formula is C22H21FN2. The summed E-state index contributed by atoms with van der Waals surface area (Å²) in [6.07, 6.45) is 0.870. The van der Waals surface area contributed by atoms with Crippen molar-refractivity contribution in [2.24, 2.45) is 0 Å². The van der Waals surface area contributed by atoms with Gasteiger partial charge >= 0.3 is 0 Å². The van der Waals surface area contributed by atoms with Gasteiger partial charge in [0.25, 0.3) is 0 Å². The molecule has 0 atom stereocenters. The number of nitrogens with one attached hydrogen (secondary N) is 1. The standard InChI is InChI=1S/C22H21FN2/c1-25(2)13-12-19-20-14-16(23)10-11-21(20)24-22(19)18-9-5-7-15-6-3-4-8-17(15)18/h3-11,14,24H,12-13H2,1-2H3. The van der Waals surface area contributed by atoms with Crippen LogP contribution in [0.15, 0.2) is 60.7 Å². The molecule has 0 saturated carbocycles. The number of rotatable bonds is 4. The Morgan fingerprint density at radius 2 is 1.72 bits per heavy atom. The summed E-state index contributed by atoms with van der Waals surface area (Å²) < 4.78 is 13.9. The predicted molar refractivity (Wildman–Crippen MR) is 103 cm³/mol. The Kier molecular flexibility index (Phi) is 4.02. The van der Waals surface area contributed by atoms with E-state index < -0.39 is 0 Å². The molecule has 1 aromatic heterocycles. The molecule has 3 aromatic carbocycles. The lowest BCUT2D eigenvalue weighted by molar-refractivity contribution is 0.414. The van der Waals surface area contributed by atoms with Crippen LogP contribution in [0.2, 0.25) is 0 Å². The van der Waals surface area contributed by atoms with E-state index in [9.17, 15) is 4.39 Å². The van der Waals surface area contributed by atoms with Crippen LogP contribution in [-0.4, -0.2) is 30.5 Å². The van der Waals surface area contributed by atoms with E-state index >= 15 is 0 Å². The summed E-state index contributed by atoms with van der Waals surface area (Å²) in [5.41, 5.74) is 4.43. The number of hydrogen-bond acceptors (Lipinski definition) is 1. The number of fused-ring (bicyclic) bond motifs is 2. The lowest BCUT2D eigenvalue weighted by atomic mass is 9.97. The minimum absolute atomic E-state index is 0.193. The normalized spacial score (nSPS) is 11.7. The lowest BCUT2D eigenvalue weighted by Gasteiger charge is -2.12. The van der Waals surface area contributed by atoms with Gasteiger partial charge in [-0.05, 0) is 55.1 Å². The third-order valence-corrected chi connectivity index (χ3v) is 4.74. The van der Waals surface area contributed by atoms with E-state index in [1.807, 2.05) is 6.07 Å². The molecule has 2 nitrogen and oxygen atoms in total. The van der Waals surface area contributed by atoms with E-state index in [0.29, 0.717) is 0 Å². The van der Waals surface area contributed by atoms with Crippen LogP contribution >= 0.6 is 0 Å². The first-order valence-corrected chi connectivity index (χ1v) is 8.56. The Morgan fingerprint density at radius 1 is 0.920 bits per heavy atom. The molecule has 0 unspecified atom stereocenters. The van der Waals surface area contributed by atoms with Gasteiger partial charge in [0.15, 0.2) is 0 Å². The zero-order valence-electron chi connectivity index (χ0n) is 14.5. The number of likely N-dealkylation sites (N-methyl/N-ethyl adjacent to an activating group) is 1. The average molecular weight is 332 g/mol. The highest BCUT2D eigenvalue weighted by Crippen LogP contribution is 2.35. The van der Waals surface area contributed by atoms with Crippen LogP contribution in [-0.2, 0) is 6.42 Å². The number of hydrogen-bond donors (Lipinski definition) is 1. The van der Waals surface area contributed by atoms with Crippen LogP contribution in [0, 0.1) is 5.82 Å². The maximum absolute atomic E-state index is 13.9. The van der Waals surface area contributed by atoms with Crippen molar-refractivity contribution in [3.8, 4) is 11.3 Å². The SMILES string of the molecule is CN(C)CCc1c(-c2cccc3ccccc23)[nH]c2ccc(F)cc12. The molecule has 0 amide bonds. The summed E-state index contributed by atoms with van der Waals surface area (Å²) in [4.78, 5) is 5.70. The maximum atomic E-state index is 13.9. The molecule has 1 N–H and O–H groups in total. The minimum Gasteiger partial charge on any atom is -0.354 e. The molecule has 25 heavy (non-hydrogen) atoms. The first-order valence-electron chi connectivity index (χ1n) is 8.56.